The van der Waals surface area contributed by atoms with Gasteiger partial charge < -0.3 is 0 Å². The van der Waals surface area contributed by atoms with Crippen molar-refractivity contribution in [2.75, 3.05) is 0 Å². The number of carbonyl (C=O) groups is 2. The Hall–Kier alpha value is -3.00. The third-order valence-corrected chi connectivity index (χ3v) is 7.23. The molecule has 0 bridgehead atoms. The first kappa shape index (κ1) is 29.6. The van der Waals surface area contributed by atoms with Crippen molar-refractivity contribution in [3.05, 3.63) is 93.5 Å². The largest absolute Gasteiger partial charge is 0.298 e. The fourth-order valence-electron chi connectivity index (χ4n) is 5.11. The fourth-order valence-corrected chi connectivity index (χ4v) is 5.11. The Morgan fingerprint density at radius 2 is 1.05 bits per heavy atom. The maximum absolute atomic E-state index is 13.9. The maximum Gasteiger partial charge on any atom is 0.193 e. The van der Waals surface area contributed by atoms with E-state index in [0.717, 1.165) is 17.4 Å². The summed E-state index contributed by atoms with van der Waals surface area (Å²) in [6, 6.07) is 18.1. The van der Waals surface area contributed by atoms with Crippen molar-refractivity contribution in [3.63, 3.8) is 0 Å². The van der Waals surface area contributed by atoms with Gasteiger partial charge in [0.15, 0.2) is 5.78 Å². The molecule has 0 saturated carbocycles. The molecule has 2 nitrogen and oxygen atoms in total. The van der Waals surface area contributed by atoms with Gasteiger partial charge in [0.1, 0.15) is 6.29 Å². The highest BCUT2D eigenvalue weighted by atomic mass is 16.1. The van der Waals surface area contributed by atoms with Crippen LogP contribution in [-0.4, -0.2) is 12.1 Å². The van der Waals surface area contributed by atoms with Gasteiger partial charge in [0.25, 0.3) is 0 Å². The third kappa shape index (κ3) is 6.17. The molecule has 3 aromatic carbocycles. The maximum atomic E-state index is 13.9. The van der Waals surface area contributed by atoms with Crippen molar-refractivity contribution in [2.24, 2.45) is 0 Å². The van der Waals surface area contributed by atoms with Crippen LogP contribution < -0.4 is 0 Å². The molecule has 0 aliphatic rings. The second-order valence-electron chi connectivity index (χ2n) is 14.8. The molecule has 0 spiro atoms. The number of carbonyl (C=O) groups excluding carboxylic acids is 2. The molecule has 0 unspecified atom stereocenters. The zero-order valence-corrected chi connectivity index (χ0v) is 25.6. The lowest BCUT2D eigenvalue weighted by atomic mass is 9.69. The summed E-state index contributed by atoms with van der Waals surface area (Å²) in [5, 5.41) is 0. The zero-order valence-electron chi connectivity index (χ0n) is 25.6. The van der Waals surface area contributed by atoms with Crippen LogP contribution in [0.4, 0.5) is 0 Å². The Morgan fingerprint density at radius 1 is 0.579 bits per heavy atom. The molecule has 0 radical (unpaired) electrons. The number of hydrogen-bond donors (Lipinski definition) is 0. The predicted molar refractivity (Wildman–Crippen MR) is 162 cm³/mol. The minimum absolute atomic E-state index is 0.00828. The van der Waals surface area contributed by atoms with Gasteiger partial charge in [-0.3, -0.25) is 9.59 Å². The lowest BCUT2D eigenvalue weighted by Crippen LogP contribution is -2.27. The fraction of sp³-hybridized carbons (Fsp3) is 0.444. The molecule has 2 heteroatoms. The number of benzene rings is 3. The molecule has 0 atom stereocenters. The van der Waals surface area contributed by atoms with Crippen LogP contribution in [0.3, 0.4) is 0 Å². The molecule has 38 heavy (non-hydrogen) atoms. The molecule has 3 rings (SSSR count). The molecular weight excluding hydrogens is 464 g/mol. The Labute approximate surface area is 230 Å². The van der Waals surface area contributed by atoms with E-state index >= 15 is 0 Å². The molecule has 0 aliphatic carbocycles. The van der Waals surface area contributed by atoms with Crippen molar-refractivity contribution < 1.29 is 9.59 Å². The molecule has 202 valence electrons. The normalized spacial score (nSPS) is 12.9. The van der Waals surface area contributed by atoms with Crippen LogP contribution >= 0.6 is 0 Å². The van der Waals surface area contributed by atoms with E-state index in [-0.39, 0.29) is 27.4 Å². The van der Waals surface area contributed by atoms with Crippen molar-refractivity contribution in [2.45, 2.75) is 105 Å². The molecule has 0 heterocycles. The summed E-state index contributed by atoms with van der Waals surface area (Å²) in [6.45, 7) is 26.9. The van der Waals surface area contributed by atoms with Crippen LogP contribution in [0.25, 0.3) is 11.1 Å². The van der Waals surface area contributed by atoms with E-state index in [9.17, 15) is 9.59 Å². The summed E-state index contributed by atoms with van der Waals surface area (Å²) in [5.41, 5.74) is 8.76. The van der Waals surface area contributed by atoms with Crippen molar-refractivity contribution >= 4 is 12.1 Å². The van der Waals surface area contributed by atoms with E-state index in [4.69, 9.17) is 0 Å². The van der Waals surface area contributed by atoms with Gasteiger partial charge in [-0.1, -0.05) is 138 Å². The minimum atomic E-state index is -0.263. The highest BCUT2D eigenvalue weighted by molar-refractivity contribution is 6.11. The molecule has 0 aliphatic heterocycles. The van der Waals surface area contributed by atoms with Crippen LogP contribution in [0.15, 0.2) is 54.6 Å². The SMILES string of the molecule is CC(C)(C)c1cc(-c2ccc(C(=O)c3ccc(C=O)cc3)c(C(C)(C)C)c2C(C)(C)C)cc(C(C)(C)C)c1. The Balaban J connectivity index is 2.42. The monoisotopic (exact) mass is 510 g/mol. The van der Waals surface area contributed by atoms with E-state index in [0.29, 0.717) is 11.1 Å². The van der Waals surface area contributed by atoms with E-state index < -0.39 is 0 Å². The number of aldehydes is 1. The lowest BCUT2D eigenvalue weighted by molar-refractivity contribution is 0.103. The smallest absolute Gasteiger partial charge is 0.193 e. The van der Waals surface area contributed by atoms with Crippen LogP contribution in [0.1, 0.15) is 132 Å². The van der Waals surface area contributed by atoms with Gasteiger partial charge >= 0.3 is 0 Å². The van der Waals surface area contributed by atoms with Crippen LogP contribution in [0.5, 0.6) is 0 Å². The average molecular weight is 511 g/mol. The highest BCUT2D eigenvalue weighted by Gasteiger charge is 2.33. The van der Waals surface area contributed by atoms with Crippen LogP contribution in [0.2, 0.25) is 0 Å². The molecule has 0 aromatic heterocycles. The quantitative estimate of drug-likeness (QED) is 0.259. The lowest BCUT2D eigenvalue weighted by Gasteiger charge is -2.35. The summed E-state index contributed by atoms with van der Waals surface area (Å²) in [5.74, 6) is -0.0109. The summed E-state index contributed by atoms with van der Waals surface area (Å²) < 4.78 is 0. The first-order valence-electron chi connectivity index (χ1n) is 13.7. The number of hydrogen-bond acceptors (Lipinski definition) is 2. The summed E-state index contributed by atoms with van der Waals surface area (Å²) in [7, 11) is 0. The second-order valence-corrected chi connectivity index (χ2v) is 14.8. The topological polar surface area (TPSA) is 34.1 Å². The van der Waals surface area contributed by atoms with Gasteiger partial charge in [-0.25, -0.2) is 0 Å². The van der Waals surface area contributed by atoms with Gasteiger partial charge in [0, 0.05) is 16.7 Å². The zero-order chi connectivity index (χ0) is 28.8. The van der Waals surface area contributed by atoms with Gasteiger partial charge in [-0.05, 0) is 55.0 Å². The first-order chi connectivity index (χ1) is 17.2. The molecule has 0 N–H and O–H groups in total. The van der Waals surface area contributed by atoms with E-state index in [2.05, 4.69) is 107 Å². The summed E-state index contributed by atoms with van der Waals surface area (Å²) >= 11 is 0. The van der Waals surface area contributed by atoms with Crippen molar-refractivity contribution in [1.29, 1.82) is 0 Å². The third-order valence-electron chi connectivity index (χ3n) is 7.23. The number of rotatable bonds is 4. The van der Waals surface area contributed by atoms with Gasteiger partial charge in [-0.2, -0.15) is 0 Å². The minimum Gasteiger partial charge on any atom is -0.298 e. The van der Waals surface area contributed by atoms with E-state index in [1.807, 2.05) is 6.07 Å². The van der Waals surface area contributed by atoms with E-state index in [1.165, 1.54) is 27.8 Å². The summed E-state index contributed by atoms with van der Waals surface area (Å²) in [6.07, 6.45) is 0.804. The Kier molecular flexibility index (Phi) is 7.74. The first-order valence-corrected chi connectivity index (χ1v) is 13.7. The summed E-state index contributed by atoms with van der Waals surface area (Å²) in [4.78, 5) is 25.1. The standard InChI is InChI=1S/C36H46O2/c1-33(2,3)26-19-25(20-27(21-26)34(4,5)6)28-17-18-29(31(36(10,11)12)30(28)35(7,8)9)32(38)24-15-13-23(22-37)14-16-24/h13-22H,1-12H3. The van der Waals surface area contributed by atoms with Crippen molar-refractivity contribution in [3.8, 4) is 11.1 Å². The van der Waals surface area contributed by atoms with Gasteiger partial charge in [-0.15, -0.1) is 0 Å². The van der Waals surface area contributed by atoms with Gasteiger partial charge in [0.05, 0.1) is 0 Å². The highest BCUT2D eigenvalue weighted by Crippen LogP contribution is 2.44. The van der Waals surface area contributed by atoms with E-state index in [1.54, 1.807) is 24.3 Å². The Bertz CT molecular complexity index is 1310. The Morgan fingerprint density at radius 3 is 1.45 bits per heavy atom. The molecule has 3 aromatic rings. The van der Waals surface area contributed by atoms with Crippen molar-refractivity contribution in [1.82, 2.24) is 0 Å². The average Bonchev–Trinajstić information content (AvgIpc) is 2.80. The molecule has 0 fully saturated rings. The number of ketones is 1. The molecular formula is C36H46O2. The van der Waals surface area contributed by atoms with Crippen LogP contribution in [0, 0.1) is 0 Å². The second kappa shape index (κ2) is 9.95. The van der Waals surface area contributed by atoms with Crippen LogP contribution in [-0.2, 0) is 21.7 Å². The predicted octanol–water partition coefficient (Wildman–Crippen LogP) is 9.59. The van der Waals surface area contributed by atoms with Gasteiger partial charge in [0.2, 0.25) is 0 Å². The molecule has 0 amide bonds. The molecule has 0 saturated heterocycles.